The molecule has 9 heavy (non-hydrogen) atoms. The van der Waals surface area contributed by atoms with E-state index in [4.69, 9.17) is 0 Å². The summed E-state index contributed by atoms with van der Waals surface area (Å²) in [6.07, 6.45) is 0.870. The van der Waals surface area contributed by atoms with Crippen molar-refractivity contribution in [1.82, 2.24) is 0 Å². The number of rotatable bonds is 2. The molecule has 0 aliphatic carbocycles. The molecule has 0 spiro atoms. The van der Waals surface area contributed by atoms with Crippen LogP contribution in [0.5, 0.6) is 0 Å². The van der Waals surface area contributed by atoms with E-state index in [1.54, 1.807) is 0 Å². The fourth-order valence-electron chi connectivity index (χ4n) is 0.298. The summed E-state index contributed by atoms with van der Waals surface area (Å²) in [6, 6.07) is 0. The average Bonchev–Trinajstić information content (AvgIpc) is 1.64. The number of nitrogens with zero attached hydrogens (tertiary/aromatic N) is 1. The van der Waals surface area contributed by atoms with Gasteiger partial charge in [-0.15, -0.1) is 0 Å². The van der Waals surface area contributed by atoms with Gasteiger partial charge >= 0.3 is 0 Å². The maximum atomic E-state index is 9.75. The predicted molar refractivity (Wildman–Crippen MR) is 25.8 cm³/mol. The van der Waals surface area contributed by atoms with Crippen LogP contribution < -0.4 is 5.11 Å². The molecule has 0 fully saturated rings. The number of carbonyl (C=O) groups excluding carboxylic acids is 1. The van der Waals surface area contributed by atoms with Crippen LogP contribution in [0.4, 0.5) is 0 Å². The molecule has 0 unspecified atom stereocenters. The van der Waals surface area contributed by atoms with Crippen LogP contribution in [0.2, 0.25) is 0 Å². The van der Waals surface area contributed by atoms with E-state index in [2.05, 4.69) is 0 Å². The molecule has 0 heterocycles. The monoisotopic (exact) mass is 130 g/mol. The van der Waals surface area contributed by atoms with E-state index in [-0.39, 0.29) is 0 Å². The summed E-state index contributed by atoms with van der Waals surface area (Å²) in [5, 5.41) is 19.4. The Morgan fingerprint density at radius 3 is 2.11 bits per heavy atom. The summed E-state index contributed by atoms with van der Waals surface area (Å²) >= 11 is 0. The van der Waals surface area contributed by atoms with Crippen LogP contribution in [-0.4, -0.2) is 10.9 Å². The van der Waals surface area contributed by atoms with Crippen LogP contribution in [0.1, 0.15) is 6.92 Å². The van der Waals surface area contributed by atoms with Gasteiger partial charge in [0.2, 0.25) is 0 Å². The lowest BCUT2D eigenvalue weighted by Gasteiger charge is -1.94. The van der Waals surface area contributed by atoms with Gasteiger partial charge in [-0.1, -0.05) is 0 Å². The molecule has 0 saturated heterocycles. The summed E-state index contributed by atoms with van der Waals surface area (Å²) in [7, 11) is 0. The normalized spacial score (nSPS) is 11.0. The highest BCUT2D eigenvalue weighted by Crippen LogP contribution is 1.90. The second kappa shape index (κ2) is 2.81. The number of nitro groups is 1. The highest BCUT2D eigenvalue weighted by Gasteiger charge is 2.07. The molecule has 0 aromatic rings. The molecule has 5 heteroatoms. The molecule has 0 aliphatic rings. The van der Waals surface area contributed by atoms with Gasteiger partial charge in [0.05, 0.1) is 4.92 Å². The Hall–Kier alpha value is -1.39. The van der Waals surface area contributed by atoms with Crippen LogP contribution in [0.3, 0.4) is 0 Å². The fourth-order valence-corrected chi connectivity index (χ4v) is 0.298. The van der Waals surface area contributed by atoms with E-state index in [9.17, 15) is 20.0 Å². The number of carboxylic acids is 1. The summed E-state index contributed by atoms with van der Waals surface area (Å²) in [6.45, 7) is 1.26. The van der Waals surface area contributed by atoms with Gasteiger partial charge < -0.3 is 9.90 Å². The van der Waals surface area contributed by atoms with Crippen LogP contribution in [0, 0.1) is 10.1 Å². The maximum absolute atomic E-state index is 9.75. The molecule has 0 saturated carbocycles. The van der Waals surface area contributed by atoms with Crippen molar-refractivity contribution in [2.45, 2.75) is 6.92 Å². The summed E-state index contributed by atoms with van der Waals surface area (Å²) in [5.74, 6) is -1.76. The van der Waals surface area contributed by atoms with Crippen LogP contribution in [-0.2, 0) is 4.79 Å². The SMILES string of the molecule is CC=C(C(=O)[O-])[N+](=O)[O-]. The van der Waals surface area contributed by atoms with E-state index in [1.807, 2.05) is 0 Å². The third-order valence-corrected chi connectivity index (χ3v) is 0.679. The first-order valence-electron chi connectivity index (χ1n) is 2.11. The quantitative estimate of drug-likeness (QED) is 0.270. The Balaban J connectivity index is 4.38. The maximum Gasteiger partial charge on any atom is 0.287 e. The minimum absolute atomic E-state index is 0.870. The second-order valence-electron chi connectivity index (χ2n) is 1.22. The predicted octanol–water partition coefficient (Wildman–Crippen LogP) is -1.08. The van der Waals surface area contributed by atoms with Gasteiger partial charge in [0.25, 0.3) is 5.70 Å². The van der Waals surface area contributed by atoms with Crippen molar-refractivity contribution in [2.24, 2.45) is 0 Å². The molecule has 0 aromatic heterocycles. The lowest BCUT2D eigenvalue weighted by atomic mass is 10.4. The molecule has 0 radical (unpaired) electrons. The van der Waals surface area contributed by atoms with Crippen molar-refractivity contribution in [1.29, 1.82) is 0 Å². The van der Waals surface area contributed by atoms with Gasteiger partial charge in [0.1, 0.15) is 5.97 Å². The first kappa shape index (κ1) is 7.61. The van der Waals surface area contributed by atoms with Gasteiger partial charge in [-0.3, -0.25) is 10.1 Å². The van der Waals surface area contributed by atoms with E-state index in [1.165, 1.54) is 6.92 Å². The zero-order valence-electron chi connectivity index (χ0n) is 4.66. The molecule has 0 N–H and O–H groups in total. The first-order valence-corrected chi connectivity index (χ1v) is 2.11. The Morgan fingerprint density at radius 2 is 2.11 bits per heavy atom. The van der Waals surface area contributed by atoms with E-state index < -0.39 is 16.6 Å². The molecular weight excluding hydrogens is 126 g/mol. The first-order chi connectivity index (χ1) is 4.09. The molecule has 50 valence electrons. The summed E-state index contributed by atoms with van der Waals surface area (Å²) in [5.41, 5.74) is -0.907. The number of hydrogen-bond acceptors (Lipinski definition) is 4. The number of carboxylic acid groups (broad SMARTS) is 1. The van der Waals surface area contributed by atoms with Crippen molar-refractivity contribution in [3.05, 3.63) is 21.9 Å². The standard InChI is InChI=1S/C4H5NO4/c1-2-3(4(6)7)5(8)9/h2H,1H3,(H,6,7)/p-1. The second-order valence-corrected chi connectivity index (χ2v) is 1.22. The minimum atomic E-state index is -1.76. The molecule has 5 nitrogen and oxygen atoms in total. The van der Waals surface area contributed by atoms with Crippen LogP contribution in [0.15, 0.2) is 11.8 Å². The number of aliphatic carboxylic acids is 1. The lowest BCUT2D eigenvalue weighted by molar-refractivity contribution is -0.436. The molecular formula is C4H4NO4-. The average molecular weight is 130 g/mol. The molecule has 0 aromatic carbocycles. The van der Waals surface area contributed by atoms with E-state index in [0.29, 0.717) is 0 Å². The third-order valence-electron chi connectivity index (χ3n) is 0.679. The summed E-state index contributed by atoms with van der Waals surface area (Å²) in [4.78, 5) is 18.4. The van der Waals surface area contributed by atoms with E-state index >= 15 is 0 Å². The zero-order chi connectivity index (χ0) is 7.44. The smallest absolute Gasteiger partial charge is 0.287 e. The van der Waals surface area contributed by atoms with Crippen molar-refractivity contribution in [2.75, 3.05) is 0 Å². The van der Waals surface area contributed by atoms with Gasteiger partial charge in [-0.25, -0.2) is 0 Å². The minimum Gasteiger partial charge on any atom is -0.539 e. The van der Waals surface area contributed by atoms with Crippen molar-refractivity contribution < 1.29 is 14.8 Å². The fraction of sp³-hybridized carbons (Fsp3) is 0.250. The molecule has 0 aliphatic heterocycles. The molecule has 0 atom stereocenters. The number of carbonyl (C=O) groups is 1. The Bertz CT molecular complexity index is 155. The van der Waals surface area contributed by atoms with Gasteiger partial charge in [-0.2, -0.15) is 0 Å². The largest absolute Gasteiger partial charge is 0.539 e. The number of hydrogen-bond donors (Lipinski definition) is 0. The topological polar surface area (TPSA) is 83.3 Å². The molecule has 0 rings (SSSR count). The highest BCUT2D eigenvalue weighted by atomic mass is 16.6. The molecule has 0 bridgehead atoms. The summed E-state index contributed by atoms with van der Waals surface area (Å²) < 4.78 is 0. The van der Waals surface area contributed by atoms with E-state index in [0.717, 1.165) is 6.08 Å². The van der Waals surface area contributed by atoms with Gasteiger partial charge in [0, 0.05) is 0 Å². The zero-order valence-corrected chi connectivity index (χ0v) is 4.66. The Kier molecular flexibility index (Phi) is 2.37. The highest BCUT2D eigenvalue weighted by molar-refractivity contribution is 5.81. The Morgan fingerprint density at radius 1 is 1.67 bits per heavy atom. The van der Waals surface area contributed by atoms with Crippen LogP contribution in [0.25, 0.3) is 0 Å². The van der Waals surface area contributed by atoms with Crippen molar-refractivity contribution in [3.63, 3.8) is 0 Å². The lowest BCUT2D eigenvalue weighted by Crippen LogP contribution is -2.28. The van der Waals surface area contributed by atoms with Gasteiger partial charge in [-0.05, 0) is 13.0 Å². The van der Waals surface area contributed by atoms with Crippen molar-refractivity contribution >= 4 is 5.97 Å². The number of allylic oxidation sites excluding steroid dienone is 1. The third kappa shape index (κ3) is 1.89. The Labute approximate surface area is 50.8 Å². The van der Waals surface area contributed by atoms with Gasteiger partial charge in [0.15, 0.2) is 0 Å². The molecule has 0 amide bonds. The van der Waals surface area contributed by atoms with Crippen molar-refractivity contribution in [3.8, 4) is 0 Å². The van der Waals surface area contributed by atoms with Crippen LogP contribution >= 0.6 is 0 Å².